The Hall–Kier alpha value is -2.33. The molecule has 0 aliphatic rings. The molecule has 5 heteroatoms. The summed E-state index contributed by atoms with van der Waals surface area (Å²) in [6, 6.07) is 15.0. The van der Waals surface area contributed by atoms with Crippen molar-refractivity contribution < 1.29 is 9.59 Å². The molecule has 29 heavy (non-hydrogen) atoms. The Balaban J connectivity index is 2.18. The first-order valence-corrected chi connectivity index (χ1v) is 10.3. The lowest BCUT2D eigenvalue weighted by Gasteiger charge is -2.31. The van der Waals surface area contributed by atoms with Crippen LogP contribution in [0.25, 0.3) is 0 Å². The molecule has 1 N–H and O–H groups in total. The van der Waals surface area contributed by atoms with Gasteiger partial charge in [-0.05, 0) is 58.2 Å². The first-order valence-electron chi connectivity index (χ1n) is 9.97. The molecule has 1 unspecified atom stereocenters. The first kappa shape index (κ1) is 23.0. The van der Waals surface area contributed by atoms with E-state index in [1.807, 2.05) is 70.2 Å². The fraction of sp³-hybridized carbons (Fsp3) is 0.417. The summed E-state index contributed by atoms with van der Waals surface area (Å²) in [7, 11) is 0. The maximum atomic E-state index is 13.1. The maximum Gasteiger partial charge on any atom is 0.242 e. The smallest absolute Gasteiger partial charge is 0.242 e. The summed E-state index contributed by atoms with van der Waals surface area (Å²) in [4.78, 5) is 27.5. The van der Waals surface area contributed by atoms with Crippen LogP contribution in [-0.2, 0) is 22.6 Å². The zero-order valence-corrected chi connectivity index (χ0v) is 18.7. The molecular weight excluding hydrogens is 384 g/mol. The number of nitrogens with zero attached hydrogens (tertiary/aromatic N) is 1. The fourth-order valence-corrected chi connectivity index (χ4v) is 3.21. The van der Waals surface area contributed by atoms with Gasteiger partial charge in [0.15, 0.2) is 0 Å². The quantitative estimate of drug-likeness (QED) is 0.699. The predicted octanol–water partition coefficient (Wildman–Crippen LogP) is 4.91. The Morgan fingerprint density at radius 2 is 1.69 bits per heavy atom. The highest BCUT2D eigenvalue weighted by atomic mass is 35.5. The van der Waals surface area contributed by atoms with Crippen LogP contribution >= 0.6 is 11.6 Å². The van der Waals surface area contributed by atoms with Crippen LogP contribution in [0, 0.1) is 6.92 Å². The average molecular weight is 415 g/mol. The van der Waals surface area contributed by atoms with E-state index in [1.54, 1.807) is 17.9 Å². The highest BCUT2D eigenvalue weighted by Crippen LogP contribution is 2.20. The molecule has 0 aliphatic heterocycles. The second-order valence-electron chi connectivity index (χ2n) is 8.51. The van der Waals surface area contributed by atoms with Crippen molar-refractivity contribution >= 4 is 23.4 Å². The van der Waals surface area contributed by atoms with Crippen LogP contribution in [0.4, 0.5) is 0 Å². The average Bonchev–Trinajstić information content (AvgIpc) is 2.65. The van der Waals surface area contributed by atoms with Crippen LogP contribution in [0.1, 0.15) is 50.8 Å². The number of aryl methyl sites for hydroxylation is 2. The highest BCUT2D eigenvalue weighted by Gasteiger charge is 2.28. The van der Waals surface area contributed by atoms with Gasteiger partial charge in [-0.1, -0.05) is 59.6 Å². The molecule has 2 aromatic rings. The van der Waals surface area contributed by atoms with Crippen molar-refractivity contribution in [1.82, 2.24) is 10.2 Å². The van der Waals surface area contributed by atoms with Crippen molar-refractivity contribution in [3.05, 3.63) is 70.2 Å². The third kappa shape index (κ3) is 7.21. The van der Waals surface area contributed by atoms with Crippen LogP contribution in [0.3, 0.4) is 0 Å². The molecule has 0 fully saturated rings. The minimum atomic E-state index is -0.601. The van der Waals surface area contributed by atoms with Gasteiger partial charge >= 0.3 is 0 Å². The summed E-state index contributed by atoms with van der Waals surface area (Å²) in [5, 5.41) is 3.56. The van der Waals surface area contributed by atoms with Gasteiger partial charge in [0.2, 0.25) is 11.8 Å². The van der Waals surface area contributed by atoms with Crippen LogP contribution < -0.4 is 5.32 Å². The molecule has 4 nitrogen and oxygen atoms in total. The van der Waals surface area contributed by atoms with Gasteiger partial charge < -0.3 is 10.2 Å². The summed E-state index contributed by atoms with van der Waals surface area (Å²) in [6.45, 7) is 9.88. The minimum Gasteiger partial charge on any atom is -0.350 e. The van der Waals surface area contributed by atoms with Crippen molar-refractivity contribution in [1.29, 1.82) is 0 Å². The number of carbonyl (C=O) groups excluding carboxylic acids is 2. The van der Waals surface area contributed by atoms with E-state index in [0.717, 1.165) is 11.1 Å². The predicted molar refractivity (Wildman–Crippen MR) is 119 cm³/mol. The topological polar surface area (TPSA) is 49.4 Å². The SMILES string of the molecule is Cc1ccc(CCC(=O)N(Cc2ccccc2Cl)C(C)C(=O)NC(C)(C)C)cc1. The van der Waals surface area contributed by atoms with Gasteiger partial charge in [-0.3, -0.25) is 9.59 Å². The lowest BCUT2D eigenvalue weighted by Crippen LogP contribution is -2.52. The molecule has 0 aromatic heterocycles. The summed E-state index contributed by atoms with van der Waals surface area (Å²) in [6.07, 6.45) is 0.965. The Labute approximate surface area is 179 Å². The third-order valence-electron chi connectivity index (χ3n) is 4.71. The first-order chi connectivity index (χ1) is 13.6. The number of carbonyl (C=O) groups is 2. The van der Waals surface area contributed by atoms with Crippen LogP contribution in [0.2, 0.25) is 5.02 Å². The summed E-state index contributed by atoms with van der Waals surface area (Å²) in [5.41, 5.74) is 2.75. The van der Waals surface area contributed by atoms with E-state index in [1.165, 1.54) is 5.56 Å². The Morgan fingerprint density at radius 3 is 2.28 bits per heavy atom. The second kappa shape index (κ2) is 9.93. The summed E-state index contributed by atoms with van der Waals surface area (Å²) < 4.78 is 0. The summed E-state index contributed by atoms with van der Waals surface area (Å²) in [5.74, 6) is -0.240. The van der Waals surface area contributed by atoms with E-state index >= 15 is 0 Å². The highest BCUT2D eigenvalue weighted by molar-refractivity contribution is 6.31. The zero-order valence-electron chi connectivity index (χ0n) is 18.0. The van der Waals surface area contributed by atoms with Crippen LogP contribution in [0.5, 0.6) is 0 Å². The normalized spacial score (nSPS) is 12.3. The molecule has 2 amide bonds. The lowest BCUT2D eigenvalue weighted by molar-refractivity contribution is -0.141. The Bertz CT molecular complexity index is 841. The minimum absolute atomic E-state index is 0.0675. The largest absolute Gasteiger partial charge is 0.350 e. The van der Waals surface area contributed by atoms with Crippen LogP contribution in [-0.4, -0.2) is 28.3 Å². The zero-order chi connectivity index (χ0) is 21.6. The molecule has 2 rings (SSSR count). The van der Waals surface area contributed by atoms with Gasteiger partial charge in [0.25, 0.3) is 0 Å². The molecule has 0 bridgehead atoms. The third-order valence-corrected chi connectivity index (χ3v) is 5.08. The van der Waals surface area contributed by atoms with Crippen molar-refractivity contribution in [2.75, 3.05) is 0 Å². The lowest BCUT2D eigenvalue weighted by atomic mass is 10.1. The molecule has 0 spiro atoms. The maximum absolute atomic E-state index is 13.1. The molecule has 0 radical (unpaired) electrons. The number of halogens is 1. The number of rotatable bonds is 7. The Kier molecular flexibility index (Phi) is 7.86. The second-order valence-corrected chi connectivity index (χ2v) is 8.92. The van der Waals surface area contributed by atoms with E-state index in [4.69, 9.17) is 11.6 Å². The number of hydrogen-bond donors (Lipinski definition) is 1. The van der Waals surface area contributed by atoms with Crippen molar-refractivity contribution in [2.45, 2.75) is 65.6 Å². The Morgan fingerprint density at radius 1 is 1.07 bits per heavy atom. The van der Waals surface area contributed by atoms with E-state index in [2.05, 4.69) is 5.32 Å². The van der Waals surface area contributed by atoms with Gasteiger partial charge in [-0.2, -0.15) is 0 Å². The van der Waals surface area contributed by atoms with E-state index in [9.17, 15) is 9.59 Å². The van der Waals surface area contributed by atoms with Gasteiger partial charge in [-0.25, -0.2) is 0 Å². The summed E-state index contributed by atoms with van der Waals surface area (Å²) >= 11 is 6.31. The van der Waals surface area contributed by atoms with Crippen molar-refractivity contribution in [3.63, 3.8) is 0 Å². The molecule has 0 heterocycles. The number of amides is 2. The molecule has 1 atom stereocenters. The van der Waals surface area contributed by atoms with Gasteiger partial charge in [0.1, 0.15) is 6.04 Å². The molecule has 2 aromatic carbocycles. The van der Waals surface area contributed by atoms with Gasteiger partial charge in [-0.15, -0.1) is 0 Å². The standard InChI is InChI=1S/C24H31ClN2O2/c1-17-10-12-19(13-11-17)14-15-22(28)27(16-20-8-6-7-9-21(20)25)18(2)23(29)26-24(3,4)5/h6-13,18H,14-16H2,1-5H3,(H,26,29). The van der Waals surface area contributed by atoms with Gasteiger partial charge in [0.05, 0.1) is 0 Å². The monoisotopic (exact) mass is 414 g/mol. The fourth-order valence-electron chi connectivity index (χ4n) is 3.02. The number of benzene rings is 2. The van der Waals surface area contributed by atoms with Crippen molar-refractivity contribution in [3.8, 4) is 0 Å². The molecule has 0 saturated heterocycles. The molecule has 0 saturated carbocycles. The number of nitrogens with one attached hydrogen (secondary N) is 1. The molecule has 0 aliphatic carbocycles. The number of hydrogen-bond acceptors (Lipinski definition) is 2. The van der Waals surface area contributed by atoms with Crippen molar-refractivity contribution in [2.24, 2.45) is 0 Å². The molecule has 156 valence electrons. The van der Waals surface area contributed by atoms with Crippen LogP contribution in [0.15, 0.2) is 48.5 Å². The van der Waals surface area contributed by atoms with Gasteiger partial charge in [0, 0.05) is 23.5 Å². The molecular formula is C24H31ClN2O2. The van der Waals surface area contributed by atoms with E-state index < -0.39 is 6.04 Å². The van der Waals surface area contributed by atoms with E-state index in [0.29, 0.717) is 24.4 Å². The van der Waals surface area contributed by atoms with E-state index in [-0.39, 0.29) is 17.4 Å².